The zero-order valence-electron chi connectivity index (χ0n) is 12.8. The Hall–Kier alpha value is -2.48. The van der Waals surface area contributed by atoms with Gasteiger partial charge in [0.2, 0.25) is 5.91 Å². The van der Waals surface area contributed by atoms with E-state index in [1.165, 1.54) is 6.08 Å². The highest BCUT2D eigenvalue weighted by molar-refractivity contribution is 14.1. The number of anilines is 1. The highest BCUT2D eigenvalue weighted by Crippen LogP contribution is 2.12. The van der Waals surface area contributed by atoms with Crippen LogP contribution in [0.4, 0.5) is 5.69 Å². The molecule has 24 heavy (non-hydrogen) atoms. The van der Waals surface area contributed by atoms with E-state index in [0.717, 1.165) is 14.8 Å². The summed E-state index contributed by atoms with van der Waals surface area (Å²) in [5.41, 5.74) is 2.56. The number of benzene rings is 2. The van der Waals surface area contributed by atoms with Crippen molar-refractivity contribution in [1.82, 2.24) is 15.0 Å². The van der Waals surface area contributed by atoms with Crippen molar-refractivity contribution in [3.05, 3.63) is 81.7 Å². The van der Waals surface area contributed by atoms with E-state index in [-0.39, 0.29) is 5.91 Å². The summed E-state index contributed by atoms with van der Waals surface area (Å²) >= 11 is 2.20. The number of hydrogen-bond donors (Lipinski definition) is 1. The third-order valence-electron chi connectivity index (χ3n) is 3.24. The monoisotopic (exact) mass is 430 g/mol. The molecule has 0 unspecified atom stereocenters. The number of carbonyl (C=O) groups is 1. The van der Waals surface area contributed by atoms with Crippen LogP contribution in [0, 0.1) is 3.57 Å². The number of amides is 1. The Morgan fingerprint density at radius 1 is 1.17 bits per heavy atom. The molecule has 6 heteroatoms. The maximum atomic E-state index is 11.9. The third kappa shape index (κ3) is 4.76. The Morgan fingerprint density at radius 3 is 2.79 bits per heavy atom. The Morgan fingerprint density at radius 2 is 2.00 bits per heavy atom. The van der Waals surface area contributed by atoms with Crippen molar-refractivity contribution in [2.45, 2.75) is 6.54 Å². The van der Waals surface area contributed by atoms with Gasteiger partial charge in [0.25, 0.3) is 0 Å². The summed E-state index contributed by atoms with van der Waals surface area (Å²) in [6.07, 6.45) is 4.91. The summed E-state index contributed by atoms with van der Waals surface area (Å²) in [7, 11) is 0. The fraction of sp³-hybridized carbons (Fsp3) is 0.0556. The van der Waals surface area contributed by atoms with Gasteiger partial charge in [-0.15, -0.1) is 5.10 Å². The fourth-order valence-electron chi connectivity index (χ4n) is 2.15. The Bertz CT molecular complexity index is 858. The van der Waals surface area contributed by atoms with Crippen molar-refractivity contribution in [3.8, 4) is 0 Å². The molecule has 0 spiro atoms. The molecule has 0 saturated heterocycles. The van der Waals surface area contributed by atoms with E-state index in [2.05, 4.69) is 38.2 Å². The second kappa shape index (κ2) is 7.87. The first-order valence-electron chi connectivity index (χ1n) is 7.38. The first-order valence-corrected chi connectivity index (χ1v) is 8.45. The Labute approximate surface area is 153 Å². The number of rotatable bonds is 5. The van der Waals surface area contributed by atoms with Crippen LogP contribution in [0.3, 0.4) is 0 Å². The minimum absolute atomic E-state index is 0.199. The van der Waals surface area contributed by atoms with E-state index in [0.29, 0.717) is 12.2 Å². The molecular formula is C18H15IN4O. The highest BCUT2D eigenvalue weighted by Gasteiger charge is 2.01. The largest absolute Gasteiger partial charge is 0.322 e. The van der Waals surface area contributed by atoms with Crippen molar-refractivity contribution >= 4 is 40.3 Å². The summed E-state index contributed by atoms with van der Waals surface area (Å²) in [6.45, 7) is 0.649. The standard InChI is InChI=1S/C18H15IN4O/c19-15-7-4-8-16(11-15)20-18(24)10-9-17-13-23(22-21-17)12-14-5-2-1-3-6-14/h1-11,13H,12H2,(H,20,24)/b10-9+. The first kappa shape index (κ1) is 16.4. The topological polar surface area (TPSA) is 59.8 Å². The fourth-order valence-corrected chi connectivity index (χ4v) is 2.69. The quantitative estimate of drug-likeness (QED) is 0.498. The number of nitrogens with zero attached hydrogens (tertiary/aromatic N) is 3. The third-order valence-corrected chi connectivity index (χ3v) is 3.91. The minimum atomic E-state index is -0.199. The number of carbonyl (C=O) groups excluding carboxylic acids is 1. The predicted molar refractivity (Wildman–Crippen MR) is 102 cm³/mol. The molecule has 0 radical (unpaired) electrons. The lowest BCUT2D eigenvalue weighted by atomic mass is 10.2. The van der Waals surface area contributed by atoms with E-state index in [1.54, 1.807) is 10.8 Å². The van der Waals surface area contributed by atoms with Crippen LogP contribution in [0.25, 0.3) is 6.08 Å². The molecule has 1 heterocycles. The van der Waals surface area contributed by atoms with Crippen LogP contribution in [-0.2, 0) is 11.3 Å². The summed E-state index contributed by atoms with van der Waals surface area (Å²) in [4.78, 5) is 11.9. The van der Waals surface area contributed by atoms with Gasteiger partial charge in [-0.05, 0) is 52.4 Å². The van der Waals surface area contributed by atoms with Gasteiger partial charge in [0, 0.05) is 15.3 Å². The van der Waals surface area contributed by atoms with Crippen LogP contribution < -0.4 is 5.32 Å². The van der Waals surface area contributed by atoms with Gasteiger partial charge in [0.05, 0.1) is 12.7 Å². The molecule has 0 aliphatic rings. The molecule has 1 N–H and O–H groups in total. The predicted octanol–water partition coefficient (Wildman–Crippen LogP) is 3.58. The second-order valence-electron chi connectivity index (χ2n) is 5.16. The van der Waals surface area contributed by atoms with Crippen LogP contribution in [-0.4, -0.2) is 20.9 Å². The van der Waals surface area contributed by atoms with Crippen molar-refractivity contribution in [3.63, 3.8) is 0 Å². The number of aromatic nitrogens is 3. The average molecular weight is 430 g/mol. The zero-order valence-corrected chi connectivity index (χ0v) is 14.9. The molecular weight excluding hydrogens is 415 g/mol. The molecule has 120 valence electrons. The highest BCUT2D eigenvalue weighted by atomic mass is 127. The van der Waals surface area contributed by atoms with Crippen LogP contribution in [0.5, 0.6) is 0 Å². The van der Waals surface area contributed by atoms with Gasteiger partial charge in [-0.1, -0.05) is 41.6 Å². The van der Waals surface area contributed by atoms with Gasteiger partial charge in [0.1, 0.15) is 5.69 Å². The smallest absolute Gasteiger partial charge is 0.248 e. The molecule has 0 aliphatic heterocycles. The molecule has 0 saturated carbocycles. The molecule has 0 bridgehead atoms. The van der Waals surface area contributed by atoms with Crippen molar-refractivity contribution in [2.24, 2.45) is 0 Å². The minimum Gasteiger partial charge on any atom is -0.322 e. The van der Waals surface area contributed by atoms with Gasteiger partial charge >= 0.3 is 0 Å². The average Bonchev–Trinajstić information content (AvgIpc) is 3.01. The number of hydrogen-bond acceptors (Lipinski definition) is 3. The van der Waals surface area contributed by atoms with Gasteiger partial charge in [-0.2, -0.15) is 0 Å². The lowest BCUT2D eigenvalue weighted by Gasteiger charge is -2.01. The zero-order chi connectivity index (χ0) is 16.8. The van der Waals surface area contributed by atoms with E-state index in [4.69, 9.17) is 0 Å². The van der Waals surface area contributed by atoms with Crippen LogP contribution in [0.1, 0.15) is 11.3 Å². The normalized spacial score (nSPS) is 10.9. The van der Waals surface area contributed by atoms with E-state index >= 15 is 0 Å². The molecule has 0 aliphatic carbocycles. The Balaban J connectivity index is 1.59. The Kier molecular flexibility index (Phi) is 5.37. The first-order chi connectivity index (χ1) is 11.7. The molecule has 2 aromatic carbocycles. The molecule has 0 atom stereocenters. The number of halogens is 1. The van der Waals surface area contributed by atoms with Gasteiger partial charge < -0.3 is 5.32 Å². The number of nitrogens with one attached hydrogen (secondary N) is 1. The SMILES string of the molecule is O=C(/C=C/c1cn(Cc2ccccc2)nn1)Nc1cccc(I)c1. The van der Waals surface area contributed by atoms with Crippen LogP contribution in [0.15, 0.2) is 66.9 Å². The van der Waals surface area contributed by atoms with E-state index in [9.17, 15) is 4.79 Å². The second-order valence-corrected chi connectivity index (χ2v) is 6.41. The van der Waals surface area contributed by atoms with Gasteiger partial charge in [0.15, 0.2) is 0 Å². The molecule has 0 fully saturated rings. The van der Waals surface area contributed by atoms with Crippen LogP contribution >= 0.6 is 22.6 Å². The summed E-state index contributed by atoms with van der Waals surface area (Å²) in [5, 5.41) is 10.9. The summed E-state index contributed by atoms with van der Waals surface area (Å²) in [5.74, 6) is -0.199. The van der Waals surface area contributed by atoms with Crippen LogP contribution in [0.2, 0.25) is 0 Å². The van der Waals surface area contributed by atoms with Crippen molar-refractivity contribution in [2.75, 3.05) is 5.32 Å². The van der Waals surface area contributed by atoms with E-state index < -0.39 is 0 Å². The molecule has 1 amide bonds. The van der Waals surface area contributed by atoms with Crippen molar-refractivity contribution < 1.29 is 4.79 Å². The molecule has 1 aromatic heterocycles. The summed E-state index contributed by atoms with van der Waals surface area (Å²) < 4.78 is 2.81. The van der Waals surface area contributed by atoms with Crippen molar-refractivity contribution in [1.29, 1.82) is 0 Å². The molecule has 3 rings (SSSR count). The lowest BCUT2D eigenvalue weighted by molar-refractivity contribution is -0.111. The van der Waals surface area contributed by atoms with Gasteiger partial charge in [-0.25, -0.2) is 4.68 Å². The lowest BCUT2D eigenvalue weighted by Crippen LogP contribution is -2.07. The maximum absolute atomic E-state index is 11.9. The summed E-state index contributed by atoms with van der Waals surface area (Å²) in [6, 6.07) is 17.6. The molecule has 3 aromatic rings. The van der Waals surface area contributed by atoms with Gasteiger partial charge in [-0.3, -0.25) is 4.79 Å². The maximum Gasteiger partial charge on any atom is 0.248 e. The molecule has 5 nitrogen and oxygen atoms in total. The van der Waals surface area contributed by atoms with E-state index in [1.807, 2.05) is 60.8 Å².